The summed E-state index contributed by atoms with van der Waals surface area (Å²) in [6, 6.07) is 1.43. The Morgan fingerprint density at radius 1 is 1.44 bits per heavy atom. The van der Waals surface area contributed by atoms with E-state index in [1.165, 1.54) is 6.07 Å². The molecule has 4 heteroatoms. The van der Waals surface area contributed by atoms with Gasteiger partial charge < -0.3 is 9.62 Å². The predicted molar refractivity (Wildman–Crippen MR) is 60.1 cm³/mol. The van der Waals surface area contributed by atoms with E-state index in [0.717, 1.165) is 11.1 Å². The minimum Gasteiger partial charge on any atom is -0.427 e. The highest BCUT2D eigenvalue weighted by Crippen LogP contribution is 2.35. The summed E-state index contributed by atoms with van der Waals surface area (Å²) in [6.07, 6.45) is 1.38. The molecule has 1 N–H and O–H groups in total. The molecule has 0 unspecified atom stereocenters. The minimum absolute atomic E-state index is 0.0434. The quantitative estimate of drug-likeness (QED) is 0.539. The van der Waals surface area contributed by atoms with Gasteiger partial charge in [-0.25, -0.2) is 4.79 Å². The molecule has 0 spiro atoms. The molecule has 0 saturated carbocycles. The molecule has 2 rings (SSSR count). The summed E-state index contributed by atoms with van der Waals surface area (Å²) < 4.78 is 5.20. The first-order valence-electron chi connectivity index (χ1n) is 5.28. The molecule has 1 aliphatic rings. The Bertz CT molecular complexity index is 511. The third-order valence-corrected chi connectivity index (χ3v) is 2.93. The van der Waals surface area contributed by atoms with Gasteiger partial charge in [0.05, 0.1) is 5.71 Å². The number of nitrogens with zero attached hydrogens (tertiary/aromatic N) is 1. The molecule has 1 heterocycles. The fraction of sp³-hybridized carbons (Fsp3) is 0.500. The monoisotopic (exact) mass is 221 g/mol. The van der Waals surface area contributed by atoms with Crippen LogP contribution < -0.4 is 5.63 Å². The Morgan fingerprint density at radius 3 is 2.75 bits per heavy atom. The summed E-state index contributed by atoms with van der Waals surface area (Å²) >= 11 is 0. The smallest absolute Gasteiger partial charge is 0.336 e. The van der Waals surface area contributed by atoms with E-state index in [9.17, 15) is 4.79 Å². The zero-order valence-electron chi connectivity index (χ0n) is 9.70. The first-order valence-corrected chi connectivity index (χ1v) is 5.28. The van der Waals surface area contributed by atoms with E-state index < -0.39 is 0 Å². The van der Waals surface area contributed by atoms with Crippen molar-refractivity contribution in [2.75, 3.05) is 0 Å². The van der Waals surface area contributed by atoms with Gasteiger partial charge in [-0.1, -0.05) is 19.0 Å². The topological polar surface area (TPSA) is 62.8 Å². The second-order valence-electron chi connectivity index (χ2n) is 5.11. The largest absolute Gasteiger partial charge is 0.427 e. The third kappa shape index (κ3) is 1.75. The molecular formula is C12H15NO3. The summed E-state index contributed by atoms with van der Waals surface area (Å²) in [7, 11) is 0. The Balaban J connectivity index is 2.68. The van der Waals surface area contributed by atoms with E-state index in [1.54, 1.807) is 0 Å². The first-order chi connectivity index (χ1) is 7.43. The van der Waals surface area contributed by atoms with Crippen LogP contribution in [0, 0.1) is 12.3 Å². The van der Waals surface area contributed by atoms with Gasteiger partial charge in [0.15, 0.2) is 0 Å². The molecule has 16 heavy (non-hydrogen) atoms. The van der Waals surface area contributed by atoms with E-state index in [2.05, 4.69) is 19.0 Å². The number of hydrogen-bond donors (Lipinski definition) is 1. The molecule has 0 radical (unpaired) electrons. The third-order valence-electron chi connectivity index (χ3n) is 2.93. The molecule has 0 saturated heterocycles. The lowest BCUT2D eigenvalue weighted by Crippen LogP contribution is -2.29. The van der Waals surface area contributed by atoms with Crippen LogP contribution in [-0.2, 0) is 6.42 Å². The lowest BCUT2D eigenvalue weighted by atomic mass is 9.75. The van der Waals surface area contributed by atoms with Gasteiger partial charge in [0.2, 0.25) is 0 Å². The number of rotatable bonds is 0. The van der Waals surface area contributed by atoms with Gasteiger partial charge in [0.25, 0.3) is 0 Å². The van der Waals surface area contributed by atoms with Crippen LogP contribution in [0.5, 0.6) is 0 Å². The molecular weight excluding hydrogens is 206 g/mol. The number of aryl methyl sites for hydroxylation is 1. The molecule has 0 fully saturated rings. The van der Waals surface area contributed by atoms with Crippen LogP contribution in [-0.4, -0.2) is 10.9 Å². The summed E-state index contributed by atoms with van der Waals surface area (Å²) in [6.45, 7) is 5.95. The highest BCUT2D eigenvalue weighted by molar-refractivity contribution is 6.03. The zero-order chi connectivity index (χ0) is 11.9. The van der Waals surface area contributed by atoms with Crippen LogP contribution in [0.15, 0.2) is 20.4 Å². The number of oxime groups is 1. The van der Waals surface area contributed by atoms with Gasteiger partial charge in [0, 0.05) is 18.1 Å². The summed E-state index contributed by atoms with van der Waals surface area (Å²) in [5, 5.41) is 12.4. The van der Waals surface area contributed by atoms with Crippen molar-refractivity contribution in [2.45, 2.75) is 33.6 Å². The maximum atomic E-state index is 11.3. The van der Waals surface area contributed by atoms with Gasteiger partial charge in [-0.05, 0) is 24.3 Å². The molecule has 0 bridgehead atoms. The van der Waals surface area contributed by atoms with E-state index >= 15 is 0 Å². The standard InChI is InChI=1S/C12H15NO3/c1-7-4-10(14)16-9-6-12(2,3)5-8(13-15)11(7)9/h4,15H,5-6H2,1-3H3. The molecule has 0 amide bonds. The van der Waals surface area contributed by atoms with Gasteiger partial charge in [0.1, 0.15) is 5.76 Å². The molecule has 1 aliphatic carbocycles. The van der Waals surface area contributed by atoms with Crippen molar-refractivity contribution in [3.05, 3.63) is 33.4 Å². The lowest BCUT2D eigenvalue weighted by Gasteiger charge is -2.30. The SMILES string of the molecule is Cc1cc(=O)oc2c1C(=NO)CC(C)(C)C2. The van der Waals surface area contributed by atoms with E-state index in [-0.39, 0.29) is 11.0 Å². The fourth-order valence-corrected chi connectivity index (χ4v) is 2.31. The minimum atomic E-state index is -0.341. The maximum Gasteiger partial charge on any atom is 0.336 e. The van der Waals surface area contributed by atoms with Crippen molar-refractivity contribution < 1.29 is 9.62 Å². The lowest BCUT2D eigenvalue weighted by molar-refractivity contribution is 0.291. The second-order valence-corrected chi connectivity index (χ2v) is 5.11. The van der Waals surface area contributed by atoms with E-state index in [4.69, 9.17) is 9.62 Å². The van der Waals surface area contributed by atoms with Crippen LogP contribution in [0.4, 0.5) is 0 Å². The molecule has 1 aromatic heterocycles. The van der Waals surface area contributed by atoms with Crippen molar-refractivity contribution in [2.24, 2.45) is 10.6 Å². The van der Waals surface area contributed by atoms with Crippen molar-refractivity contribution in [3.63, 3.8) is 0 Å². The van der Waals surface area contributed by atoms with Crippen LogP contribution in [0.25, 0.3) is 0 Å². The number of fused-ring (bicyclic) bond motifs is 1. The fourth-order valence-electron chi connectivity index (χ4n) is 2.31. The molecule has 0 atom stereocenters. The van der Waals surface area contributed by atoms with Gasteiger partial charge in [-0.3, -0.25) is 0 Å². The highest BCUT2D eigenvalue weighted by Gasteiger charge is 2.33. The predicted octanol–water partition coefficient (Wildman–Crippen LogP) is 2.10. The normalized spacial score (nSPS) is 20.8. The number of hydrogen-bond acceptors (Lipinski definition) is 4. The van der Waals surface area contributed by atoms with Gasteiger partial charge in [-0.2, -0.15) is 0 Å². The van der Waals surface area contributed by atoms with E-state index in [1.807, 2.05) is 6.92 Å². The first kappa shape index (κ1) is 10.9. The van der Waals surface area contributed by atoms with Gasteiger partial charge in [-0.15, -0.1) is 0 Å². The molecule has 0 aromatic carbocycles. The van der Waals surface area contributed by atoms with Crippen molar-refractivity contribution in [1.82, 2.24) is 0 Å². The Morgan fingerprint density at radius 2 is 2.12 bits per heavy atom. The van der Waals surface area contributed by atoms with Crippen LogP contribution >= 0.6 is 0 Å². The Hall–Kier alpha value is -1.58. The maximum absolute atomic E-state index is 11.3. The average Bonchev–Trinajstić information content (AvgIpc) is 2.13. The van der Waals surface area contributed by atoms with Crippen LogP contribution in [0.2, 0.25) is 0 Å². The molecule has 4 nitrogen and oxygen atoms in total. The Kier molecular flexibility index (Phi) is 2.37. The van der Waals surface area contributed by atoms with E-state index in [0.29, 0.717) is 24.3 Å². The zero-order valence-corrected chi connectivity index (χ0v) is 9.70. The summed E-state index contributed by atoms with van der Waals surface area (Å²) in [5.41, 5.74) is 1.83. The van der Waals surface area contributed by atoms with Crippen molar-refractivity contribution in [3.8, 4) is 0 Å². The van der Waals surface area contributed by atoms with Crippen molar-refractivity contribution in [1.29, 1.82) is 0 Å². The Labute approximate surface area is 93.6 Å². The highest BCUT2D eigenvalue weighted by atomic mass is 16.4. The summed E-state index contributed by atoms with van der Waals surface area (Å²) in [5.74, 6) is 0.633. The van der Waals surface area contributed by atoms with Crippen LogP contribution in [0.3, 0.4) is 0 Å². The average molecular weight is 221 g/mol. The van der Waals surface area contributed by atoms with Gasteiger partial charge >= 0.3 is 5.63 Å². The molecule has 0 aliphatic heterocycles. The summed E-state index contributed by atoms with van der Waals surface area (Å²) in [4.78, 5) is 11.3. The van der Waals surface area contributed by atoms with Crippen LogP contribution in [0.1, 0.15) is 37.2 Å². The molecule has 86 valence electrons. The molecule has 1 aromatic rings. The van der Waals surface area contributed by atoms with Crippen molar-refractivity contribution >= 4 is 5.71 Å². The second kappa shape index (κ2) is 3.47.